The number of rotatable bonds is 3. The van der Waals surface area contributed by atoms with E-state index in [4.69, 9.17) is 9.47 Å². The van der Waals surface area contributed by atoms with Crippen molar-refractivity contribution in [2.45, 2.75) is 44.4 Å². The van der Waals surface area contributed by atoms with Crippen LogP contribution in [0.3, 0.4) is 0 Å². The zero-order chi connectivity index (χ0) is 11.5. The van der Waals surface area contributed by atoms with Crippen molar-refractivity contribution >= 4 is 0 Å². The molecule has 0 aromatic rings. The quantitative estimate of drug-likeness (QED) is 0.609. The maximum Gasteiger partial charge on any atom is 0.160 e. The predicted molar refractivity (Wildman–Crippen MR) is 57.9 cm³/mol. The van der Waals surface area contributed by atoms with Crippen LogP contribution in [0.15, 0.2) is 0 Å². The zero-order valence-electron chi connectivity index (χ0n) is 9.63. The summed E-state index contributed by atoms with van der Waals surface area (Å²) < 4.78 is 10.9. The van der Waals surface area contributed by atoms with Gasteiger partial charge in [0.2, 0.25) is 0 Å². The van der Waals surface area contributed by atoms with Gasteiger partial charge in [0.1, 0.15) is 6.10 Å². The van der Waals surface area contributed by atoms with Gasteiger partial charge in [-0.1, -0.05) is 6.92 Å². The molecule has 3 N–H and O–H groups in total. The second kappa shape index (κ2) is 5.42. The normalized spacial score (nSPS) is 44.8. The third-order valence-corrected chi connectivity index (χ3v) is 3.43. The number of ether oxygens (including phenoxy) is 2. The molecule has 5 nitrogen and oxygen atoms in total. The zero-order valence-corrected chi connectivity index (χ0v) is 9.63. The van der Waals surface area contributed by atoms with E-state index in [-0.39, 0.29) is 12.0 Å². The number of hydrogen-bond acceptors (Lipinski definition) is 5. The first-order chi connectivity index (χ1) is 7.68. The molecule has 2 rings (SSSR count). The molecule has 5 unspecified atom stereocenters. The van der Waals surface area contributed by atoms with Crippen LogP contribution in [0.4, 0.5) is 0 Å². The van der Waals surface area contributed by atoms with Gasteiger partial charge in [0.05, 0.1) is 18.8 Å². The van der Waals surface area contributed by atoms with E-state index in [0.717, 1.165) is 25.9 Å². The molecule has 2 saturated heterocycles. The Morgan fingerprint density at radius 3 is 2.81 bits per heavy atom. The Hall–Kier alpha value is -0.200. The predicted octanol–water partition coefficient (Wildman–Crippen LogP) is -0.531. The summed E-state index contributed by atoms with van der Waals surface area (Å²) >= 11 is 0. The highest BCUT2D eigenvalue weighted by Crippen LogP contribution is 2.25. The summed E-state index contributed by atoms with van der Waals surface area (Å²) in [5.41, 5.74) is 0. The van der Waals surface area contributed by atoms with Crippen LogP contribution in [0, 0.1) is 5.92 Å². The minimum Gasteiger partial charge on any atom is -0.390 e. The van der Waals surface area contributed by atoms with Crippen LogP contribution in [0.25, 0.3) is 0 Å². The van der Waals surface area contributed by atoms with E-state index in [1.807, 2.05) is 0 Å². The molecule has 0 aromatic heterocycles. The molecule has 0 radical (unpaired) electrons. The molecule has 2 aliphatic heterocycles. The minimum atomic E-state index is -0.868. The standard InChI is InChI=1S/C11H21NO4/c1-7-10(13)9(16-11(7)14)6-15-8-3-2-4-12-5-8/h7-14H,2-6H2,1H3. The van der Waals surface area contributed by atoms with E-state index >= 15 is 0 Å². The van der Waals surface area contributed by atoms with Crippen molar-refractivity contribution in [2.75, 3.05) is 19.7 Å². The van der Waals surface area contributed by atoms with Gasteiger partial charge in [-0.25, -0.2) is 0 Å². The molecule has 94 valence electrons. The fourth-order valence-electron chi connectivity index (χ4n) is 2.22. The van der Waals surface area contributed by atoms with Gasteiger partial charge in [0, 0.05) is 12.5 Å². The number of hydrogen-bond donors (Lipinski definition) is 3. The van der Waals surface area contributed by atoms with Crippen LogP contribution in [-0.4, -0.2) is 54.5 Å². The lowest BCUT2D eigenvalue weighted by Gasteiger charge is -2.25. The van der Waals surface area contributed by atoms with Gasteiger partial charge in [-0.3, -0.25) is 0 Å². The third-order valence-electron chi connectivity index (χ3n) is 3.43. The SMILES string of the molecule is CC1C(O)OC(COC2CCCNC2)C1O. The molecule has 0 aliphatic carbocycles. The molecular weight excluding hydrogens is 210 g/mol. The first-order valence-corrected chi connectivity index (χ1v) is 6.02. The lowest BCUT2D eigenvalue weighted by Crippen LogP contribution is -2.38. The monoisotopic (exact) mass is 231 g/mol. The third kappa shape index (κ3) is 2.73. The summed E-state index contributed by atoms with van der Waals surface area (Å²) in [7, 11) is 0. The topological polar surface area (TPSA) is 71.0 Å². The Bertz CT molecular complexity index is 220. The summed E-state index contributed by atoms with van der Waals surface area (Å²) in [6.07, 6.45) is 0.482. The highest BCUT2D eigenvalue weighted by atomic mass is 16.6. The van der Waals surface area contributed by atoms with E-state index < -0.39 is 18.5 Å². The van der Waals surface area contributed by atoms with E-state index in [1.54, 1.807) is 6.92 Å². The molecule has 2 heterocycles. The number of nitrogens with one attached hydrogen (secondary N) is 1. The molecule has 0 saturated carbocycles. The maximum atomic E-state index is 9.78. The van der Waals surface area contributed by atoms with E-state index in [1.165, 1.54) is 0 Å². The Kier molecular flexibility index (Phi) is 4.16. The number of piperidine rings is 1. The Morgan fingerprint density at radius 1 is 1.44 bits per heavy atom. The molecule has 0 aromatic carbocycles. The summed E-state index contributed by atoms with van der Waals surface area (Å²) in [5.74, 6) is -0.238. The van der Waals surface area contributed by atoms with Crippen molar-refractivity contribution in [1.29, 1.82) is 0 Å². The van der Waals surface area contributed by atoms with Crippen molar-refractivity contribution < 1.29 is 19.7 Å². The van der Waals surface area contributed by atoms with Crippen LogP contribution in [-0.2, 0) is 9.47 Å². The first kappa shape index (κ1) is 12.3. The first-order valence-electron chi connectivity index (χ1n) is 6.02. The van der Waals surface area contributed by atoms with Gasteiger partial charge in [-0.15, -0.1) is 0 Å². The van der Waals surface area contributed by atoms with Gasteiger partial charge in [0.25, 0.3) is 0 Å². The fourth-order valence-corrected chi connectivity index (χ4v) is 2.22. The fraction of sp³-hybridized carbons (Fsp3) is 1.00. The maximum absolute atomic E-state index is 9.78. The summed E-state index contributed by atoms with van der Waals surface area (Å²) in [4.78, 5) is 0. The summed E-state index contributed by atoms with van der Waals surface area (Å²) in [6, 6.07) is 0. The van der Waals surface area contributed by atoms with Crippen LogP contribution in [0.1, 0.15) is 19.8 Å². The van der Waals surface area contributed by atoms with Gasteiger partial charge >= 0.3 is 0 Å². The summed E-state index contributed by atoms with van der Waals surface area (Å²) in [6.45, 7) is 4.05. The second-order valence-electron chi connectivity index (χ2n) is 4.72. The van der Waals surface area contributed by atoms with Crippen molar-refractivity contribution in [2.24, 2.45) is 5.92 Å². The highest BCUT2D eigenvalue weighted by Gasteiger charge is 2.40. The van der Waals surface area contributed by atoms with Gasteiger partial charge < -0.3 is 25.0 Å². The van der Waals surface area contributed by atoms with E-state index in [2.05, 4.69) is 5.32 Å². The van der Waals surface area contributed by atoms with E-state index in [9.17, 15) is 10.2 Å². The number of aliphatic hydroxyl groups excluding tert-OH is 2. The molecule has 16 heavy (non-hydrogen) atoms. The van der Waals surface area contributed by atoms with Crippen LogP contribution < -0.4 is 5.32 Å². The lowest BCUT2D eigenvalue weighted by atomic mass is 10.0. The van der Waals surface area contributed by atoms with Gasteiger partial charge in [-0.2, -0.15) is 0 Å². The van der Waals surface area contributed by atoms with Crippen molar-refractivity contribution in [1.82, 2.24) is 5.32 Å². The molecule has 0 bridgehead atoms. The smallest absolute Gasteiger partial charge is 0.160 e. The average Bonchev–Trinajstić information content (AvgIpc) is 2.56. The highest BCUT2D eigenvalue weighted by molar-refractivity contribution is 4.83. The van der Waals surface area contributed by atoms with Gasteiger partial charge in [-0.05, 0) is 19.4 Å². The summed E-state index contributed by atoms with van der Waals surface area (Å²) in [5, 5.41) is 22.5. The molecule has 5 heteroatoms. The van der Waals surface area contributed by atoms with E-state index in [0.29, 0.717) is 6.61 Å². The van der Waals surface area contributed by atoms with Gasteiger partial charge in [0.15, 0.2) is 6.29 Å². The van der Waals surface area contributed by atoms with Crippen molar-refractivity contribution in [3.05, 3.63) is 0 Å². The Morgan fingerprint density at radius 2 is 2.25 bits per heavy atom. The molecule has 2 fully saturated rings. The molecule has 0 spiro atoms. The van der Waals surface area contributed by atoms with Crippen molar-refractivity contribution in [3.8, 4) is 0 Å². The largest absolute Gasteiger partial charge is 0.390 e. The number of aliphatic hydroxyl groups is 2. The Labute approximate surface area is 95.7 Å². The minimum absolute atomic E-state index is 0.206. The van der Waals surface area contributed by atoms with Crippen LogP contribution in [0.2, 0.25) is 0 Å². The van der Waals surface area contributed by atoms with Crippen LogP contribution in [0.5, 0.6) is 0 Å². The van der Waals surface area contributed by atoms with Crippen molar-refractivity contribution in [3.63, 3.8) is 0 Å². The lowest BCUT2D eigenvalue weighted by molar-refractivity contribution is -0.130. The molecule has 0 amide bonds. The molecule has 2 aliphatic rings. The Balaban J connectivity index is 1.73. The second-order valence-corrected chi connectivity index (χ2v) is 4.72. The van der Waals surface area contributed by atoms with Crippen LogP contribution >= 0.6 is 0 Å². The molecule has 5 atom stereocenters. The molecular formula is C11H21NO4. The average molecular weight is 231 g/mol.